The number of hydrogen-bond acceptors (Lipinski definition) is 5. The van der Waals surface area contributed by atoms with Gasteiger partial charge in [0.15, 0.2) is 5.96 Å². The minimum absolute atomic E-state index is 0.151. The Morgan fingerprint density at radius 3 is 2.46 bits per heavy atom. The Morgan fingerprint density at radius 1 is 1.27 bits per heavy atom. The number of anilines is 1. The SMILES string of the molecule is CCC(N=C(N)N)C1(C(N)=O)NCC2C(=O)N(c3ccccc3)C(=O)C21. The molecule has 7 N–H and O–H groups in total. The molecule has 2 saturated heterocycles. The van der Waals surface area contributed by atoms with E-state index in [0.29, 0.717) is 12.1 Å². The number of nitrogens with two attached hydrogens (primary N) is 3. The van der Waals surface area contributed by atoms with Crippen molar-refractivity contribution in [2.75, 3.05) is 11.4 Å². The highest BCUT2D eigenvalue weighted by atomic mass is 16.2. The maximum Gasteiger partial charge on any atom is 0.240 e. The van der Waals surface area contributed by atoms with E-state index in [4.69, 9.17) is 17.2 Å². The summed E-state index contributed by atoms with van der Waals surface area (Å²) in [6.45, 7) is 1.94. The summed E-state index contributed by atoms with van der Waals surface area (Å²) in [5.41, 5.74) is 15.6. The second-order valence-electron chi connectivity index (χ2n) is 6.52. The number of benzene rings is 1. The average Bonchev–Trinajstić information content (AvgIpc) is 3.12. The molecule has 26 heavy (non-hydrogen) atoms. The molecule has 0 saturated carbocycles. The number of hydrogen-bond donors (Lipinski definition) is 4. The van der Waals surface area contributed by atoms with Crippen LogP contribution in [0.3, 0.4) is 0 Å². The van der Waals surface area contributed by atoms with Gasteiger partial charge in [-0.25, -0.2) is 9.89 Å². The first-order valence-electron chi connectivity index (χ1n) is 8.41. The van der Waals surface area contributed by atoms with Crippen LogP contribution in [0.1, 0.15) is 13.3 Å². The predicted octanol–water partition coefficient (Wildman–Crippen LogP) is -1.33. The zero-order chi connectivity index (χ0) is 19.1. The molecule has 3 rings (SSSR count). The summed E-state index contributed by atoms with van der Waals surface area (Å²) in [6, 6.07) is 7.84. The van der Waals surface area contributed by atoms with Crippen LogP contribution in [0.5, 0.6) is 0 Å². The van der Waals surface area contributed by atoms with Gasteiger partial charge in [-0.05, 0) is 18.6 Å². The zero-order valence-electron chi connectivity index (χ0n) is 14.4. The lowest BCUT2D eigenvalue weighted by molar-refractivity contribution is -0.133. The van der Waals surface area contributed by atoms with Crippen LogP contribution in [-0.4, -0.2) is 41.8 Å². The lowest BCUT2D eigenvalue weighted by Gasteiger charge is -2.36. The lowest BCUT2D eigenvalue weighted by Crippen LogP contribution is -2.65. The van der Waals surface area contributed by atoms with E-state index in [0.717, 1.165) is 4.90 Å². The minimum Gasteiger partial charge on any atom is -0.370 e. The van der Waals surface area contributed by atoms with Crippen LogP contribution < -0.4 is 27.4 Å². The van der Waals surface area contributed by atoms with E-state index < -0.39 is 35.2 Å². The topological polar surface area (TPSA) is 157 Å². The van der Waals surface area contributed by atoms with Gasteiger partial charge in [0.2, 0.25) is 17.7 Å². The molecule has 3 amide bonds. The standard InChI is InChI=1S/C17H22N6O3/c1-2-11(22-16(19)20)17(15(18)26)12-10(8-21-17)13(24)23(14(12)25)9-6-4-3-5-7-9/h3-7,10-12,21H,2,8H2,1H3,(H2,18,26)(H4,19,20,22). The van der Waals surface area contributed by atoms with Crippen molar-refractivity contribution in [3.8, 4) is 0 Å². The number of amides is 3. The quantitative estimate of drug-likeness (QED) is 0.290. The summed E-state index contributed by atoms with van der Waals surface area (Å²) in [4.78, 5) is 43.7. The smallest absolute Gasteiger partial charge is 0.240 e. The molecule has 0 aromatic heterocycles. The maximum atomic E-state index is 13.2. The van der Waals surface area contributed by atoms with Gasteiger partial charge in [0.1, 0.15) is 5.54 Å². The van der Waals surface area contributed by atoms with Crippen LogP contribution in [-0.2, 0) is 14.4 Å². The van der Waals surface area contributed by atoms with E-state index in [1.165, 1.54) is 0 Å². The van der Waals surface area contributed by atoms with Crippen molar-refractivity contribution in [3.05, 3.63) is 30.3 Å². The van der Waals surface area contributed by atoms with Crippen molar-refractivity contribution in [3.63, 3.8) is 0 Å². The van der Waals surface area contributed by atoms with Crippen molar-refractivity contribution in [2.45, 2.75) is 24.9 Å². The number of para-hydroxylation sites is 1. The van der Waals surface area contributed by atoms with E-state index in [1.54, 1.807) is 37.3 Å². The maximum absolute atomic E-state index is 13.2. The van der Waals surface area contributed by atoms with Gasteiger partial charge in [-0.15, -0.1) is 0 Å². The highest BCUT2D eigenvalue weighted by molar-refractivity contribution is 6.24. The summed E-state index contributed by atoms with van der Waals surface area (Å²) in [5, 5.41) is 3.00. The molecule has 4 unspecified atom stereocenters. The average molecular weight is 358 g/mol. The van der Waals surface area contributed by atoms with Crippen molar-refractivity contribution in [1.29, 1.82) is 0 Å². The first-order valence-corrected chi connectivity index (χ1v) is 8.41. The molecule has 2 fully saturated rings. The third-order valence-corrected chi connectivity index (χ3v) is 5.17. The fourth-order valence-electron chi connectivity index (χ4n) is 4.09. The van der Waals surface area contributed by atoms with Gasteiger partial charge in [-0.1, -0.05) is 25.1 Å². The largest absolute Gasteiger partial charge is 0.370 e. The highest BCUT2D eigenvalue weighted by Crippen LogP contribution is 2.44. The number of carbonyl (C=O) groups excluding carboxylic acids is 3. The van der Waals surface area contributed by atoms with Crippen LogP contribution in [0.15, 0.2) is 35.3 Å². The van der Waals surface area contributed by atoms with Crippen LogP contribution in [0.25, 0.3) is 0 Å². The van der Waals surface area contributed by atoms with Crippen LogP contribution in [0.2, 0.25) is 0 Å². The molecule has 0 bridgehead atoms. The fourth-order valence-corrected chi connectivity index (χ4v) is 4.09. The Morgan fingerprint density at radius 2 is 1.92 bits per heavy atom. The van der Waals surface area contributed by atoms with Crippen molar-refractivity contribution < 1.29 is 14.4 Å². The Balaban J connectivity index is 2.09. The molecule has 2 aliphatic rings. The normalized spacial score (nSPS) is 28.7. The van der Waals surface area contributed by atoms with Crippen molar-refractivity contribution in [1.82, 2.24) is 5.32 Å². The number of carbonyl (C=O) groups is 3. The van der Waals surface area contributed by atoms with Gasteiger partial charge in [-0.3, -0.25) is 14.4 Å². The molecular formula is C17H22N6O3. The van der Waals surface area contributed by atoms with E-state index in [-0.39, 0.29) is 18.4 Å². The molecule has 2 aliphatic heterocycles. The monoisotopic (exact) mass is 358 g/mol. The van der Waals surface area contributed by atoms with E-state index in [2.05, 4.69) is 10.3 Å². The Bertz CT molecular complexity index is 776. The Labute approximate surface area is 150 Å². The van der Waals surface area contributed by atoms with Crippen molar-refractivity contribution in [2.24, 2.45) is 34.0 Å². The number of guanidine groups is 1. The summed E-state index contributed by atoms with van der Waals surface area (Å²) in [7, 11) is 0. The van der Waals surface area contributed by atoms with Crippen LogP contribution in [0, 0.1) is 11.8 Å². The third-order valence-electron chi connectivity index (χ3n) is 5.17. The van der Waals surface area contributed by atoms with Crippen molar-refractivity contribution >= 4 is 29.4 Å². The highest BCUT2D eigenvalue weighted by Gasteiger charge is 2.66. The second kappa shape index (κ2) is 6.41. The Kier molecular flexibility index (Phi) is 4.41. The Hall–Kier alpha value is -2.94. The van der Waals surface area contributed by atoms with Gasteiger partial charge in [0.05, 0.1) is 23.6 Å². The molecule has 1 aromatic rings. The number of rotatable bonds is 5. The summed E-state index contributed by atoms with van der Waals surface area (Å²) in [5.74, 6) is -3.45. The summed E-state index contributed by atoms with van der Waals surface area (Å²) < 4.78 is 0. The molecule has 0 spiro atoms. The van der Waals surface area contributed by atoms with Gasteiger partial charge in [0, 0.05) is 6.54 Å². The number of imide groups is 1. The first kappa shape index (κ1) is 17.9. The lowest BCUT2D eigenvalue weighted by atomic mass is 9.75. The third kappa shape index (κ3) is 2.43. The predicted molar refractivity (Wildman–Crippen MR) is 95.7 cm³/mol. The number of aliphatic imine (C=N–C) groups is 1. The second-order valence-corrected chi connectivity index (χ2v) is 6.52. The minimum atomic E-state index is -1.51. The first-order chi connectivity index (χ1) is 12.3. The molecule has 0 radical (unpaired) electrons. The van der Waals surface area contributed by atoms with Crippen LogP contribution in [0.4, 0.5) is 5.69 Å². The molecule has 9 nitrogen and oxygen atoms in total. The molecule has 4 atom stereocenters. The van der Waals surface area contributed by atoms with E-state index in [9.17, 15) is 14.4 Å². The van der Waals surface area contributed by atoms with Crippen LogP contribution >= 0.6 is 0 Å². The van der Waals surface area contributed by atoms with Gasteiger partial charge < -0.3 is 22.5 Å². The fraction of sp³-hybridized carbons (Fsp3) is 0.412. The van der Waals surface area contributed by atoms with Gasteiger partial charge >= 0.3 is 0 Å². The van der Waals surface area contributed by atoms with E-state index >= 15 is 0 Å². The number of nitrogens with zero attached hydrogens (tertiary/aromatic N) is 2. The molecule has 138 valence electrons. The zero-order valence-corrected chi connectivity index (χ0v) is 14.4. The number of primary amides is 1. The van der Waals surface area contributed by atoms with E-state index in [1.807, 2.05) is 0 Å². The van der Waals surface area contributed by atoms with Gasteiger partial charge in [0.25, 0.3) is 0 Å². The summed E-state index contributed by atoms with van der Waals surface area (Å²) in [6.07, 6.45) is 0.365. The van der Waals surface area contributed by atoms with Gasteiger partial charge in [-0.2, -0.15) is 0 Å². The number of nitrogens with one attached hydrogen (secondary N) is 1. The number of fused-ring (bicyclic) bond motifs is 1. The molecular weight excluding hydrogens is 336 g/mol. The molecule has 0 aliphatic carbocycles. The summed E-state index contributed by atoms with van der Waals surface area (Å²) >= 11 is 0. The molecule has 9 heteroatoms. The molecule has 1 aromatic carbocycles. The molecule has 2 heterocycles.